The molecule has 4 nitrogen and oxygen atoms in total. The summed E-state index contributed by atoms with van der Waals surface area (Å²) in [6.07, 6.45) is -3.05. The molecule has 2 rings (SSSR count). The first-order chi connectivity index (χ1) is 9.79. The highest BCUT2D eigenvalue weighted by Gasteiger charge is 2.30. The van der Waals surface area contributed by atoms with E-state index in [-0.39, 0.29) is 5.69 Å². The maximum atomic E-state index is 12.4. The zero-order chi connectivity index (χ0) is 15.6. The molecule has 1 heterocycles. The molecule has 0 spiro atoms. The number of benzene rings is 1. The molecule has 0 unspecified atom stereocenters. The highest BCUT2D eigenvalue weighted by atomic mass is 19.4. The smallest absolute Gasteiger partial charge is 0.322 e. The normalized spacial score (nSPS) is 11.3. The van der Waals surface area contributed by atoms with Crippen molar-refractivity contribution in [3.8, 4) is 0 Å². The number of hydrogen-bond donors (Lipinski definition) is 1. The van der Waals surface area contributed by atoms with Gasteiger partial charge < -0.3 is 5.32 Å². The summed E-state index contributed by atoms with van der Waals surface area (Å²) in [5.74, 6) is -0.453. The quantitative estimate of drug-likeness (QED) is 0.924. The van der Waals surface area contributed by atoms with Crippen molar-refractivity contribution >= 4 is 11.6 Å². The van der Waals surface area contributed by atoms with Crippen LogP contribution in [0.2, 0.25) is 0 Å². The number of amides is 1. The van der Waals surface area contributed by atoms with Crippen LogP contribution in [-0.2, 0) is 6.18 Å². The lowest BCUT2D eigenvalue weighted by Crippen LogP contribution is -2.16. The van der Waals surface area contributed by atoms with Crippen LogP contribution in [0.1, 0.15) is 27.3 Å². The van der Waals surface area contributed by atoms with Gasteiger partial charge in [0.05, 0.1) is 22.5 Å². The number of carbonyl (C=O) groups excluding carboxylic acids is 1. The third-order valence-corrected chi connectivity index (χ3v) is 2.92. The topological polar surface area (TPSA) is 54.9 Å². The maximum absolute atomic E-state index is 12.4. The second kappa shape index (κ2) is 5.51. The van der Waals surface area contributed by atoms with Gasteiger partial charge in [0, 0.05) is 5.69 Å². The number of aryl methyl sites for hydroxylation is 2. The summed E-state index contributed by atoms with van der Waals surface area (Å²) in [4.78, 5) is 20.0. The number of hydrogen-bond acceptors (Lipinski definition) is 3. The van der Waals surface area contributed by atoms with Crippen LogP contribution in [0.4, 0.5) is 18.9 Å². The molecular weight excluding hydrogens is 283 g/mol. The Morgan fingerprint density at radius 3 is 2.05 bits per heavy atom. The van der Waals surface area contributed by atoms with Crippen LogP contribution in [0.25, 0.3) is 0 Å². The number of halogens is 3. The molecule has 0 saturated heterocycles. The molecule has 1 aromatic carbocycles. The molecule has 1 aromatic heterocycles. The lowest BCUT2D eigenvalue weighted by atomic mass is 10.1. The van der Waals surface area contributed by atoms with Crippen molar-refractivity contribution in [1.82, 2.24) is 9.97 Å². The Morgan fingerprint density at radius 2 is 1.57 bits per heavy atom. The van der Waals surface area contributed by atoms with E-state index in [4.69, 9.17) is 0 Å². The first-order valence-corrected chi connectivity index (χ1v) is 6.06. The standard InChI is InChI=1S/C14H12F3N3O/c1-8-12(9(2)19-7-18-8)13(21)20-11-5-3-10(4-6-11)14(15,16)17/h3-7H,1-2H3,(H,20,21). The molecule has 0 saturated carbocycles. The Bertz CT molecular complexity index is 646. The third-order valence-electron chi connectivity index (χ3n) is 2.92. The second-order valence-corrected chi connectivity index (χ2v) is 4.45. The van der Waals surface area contributed by atoms with Crippen molar-refractivity contribution in [3.05, 3.63) is 53.1 Å². The van der Waals surface area contributed by atoms with Gasteiger partial charge in [-0.25, -0.2) is 9.97 Å². The summed E-state index contributed by atoms with van der Waals surface area (Å²) in [6, 6.07) is 4.23. The van der Waals surface area contributed by atoms with E-state index in [2.05, 4.69) is 15.3 Å². The predicted octanol–water partition coefficient (Wildman–Crippen LogP) is 3.36. The Labute approximate surface area is 119 Å². The summed E-state index contributed by atoms with van der Waals surface area (Å²) in [5, 5.41) is 2.53. The molecule has 2 aromatic rings. The van der Waals surface area contributed by atoms with Crippen molar-refractivity contribution < 1.29 is 18.0 Å². The van der Waals surface area contributed by atoms with Crippen LogP contribution in [0, 0.1) is 13.8 Å². The van der Waals surface area contributed by atoms with E-state index in [0.29, 0.717) is 17.0 Å². The Morgan fingerprint density at radius 1 is 1.05 bits per heavy atom. The number of carbonyl (C=O) groups is 1. The van der Waals surface area contributed by atoms with E-state index in [1.807, 2.05) is 0 Å². The molecular formula is C14H12F3N3O. The minimum absolute atomic E-state index is 0.274. The predicted molar refractivity (Wildman–Crippen MR) is 70.9 cm³/mol. The average Bonchev–Trinajstić information content (AvgIpc) is 2.38. The number of rotatable bonds is 2. The number of alkyl halides is 3. The van der Waals surface area contributed by atoms with Gasteiger partial charge in [-0.1, -0.05) is 0 Å². The SMILES string of the molecule is Cc1ncnc(C)c1C(=O)Nc1ccc(C(F)(F)F)cc1. The van der Waals surface area contributed by atoms with Gasteiger partial charge in [-0.2, -0.15) is 13.2 Å². The van der Waals surface area contributed by atoms with Crippen molar-refractivity contribution in [3.63, 3.8) is 0 Å². The first kappa shape index (κ1) is 15.0. The van der Waals surface area contributed by atoms with Crippen molar-refractivity contribution in [2.45, 2.75) is 20.0 Å². The van der Waals surface area contributed by atoms with Crippen molar-refractivity contribution in [2.75, 3.05) is 5.32 Å². The van der Waals surface area contributed by atoms with Crippen LogP contribution in [0.5, 0.6) is 0 Å². The highest BCUT2D eigenvalue weighted by Crippen LogP contribution is 2.29. The minimum atomic E-state index is -4.40. The van der Waals surface area contributed by atoms with E-state index >= 15 is 0 Å². The summed E-state index contributed by atoms with van der Waals surface area (Å²) in [6.45, 7) is 3.33. The van der Waals surface area contributed by atoms with Crippen molar-refractivity contribution in [2.24, 2.45) is 0 Å². The van der Waals surface area contributed by atoms with Gasteiger partial charge in [0.25, 0.3) is 5.91 Å². The van der Waals surface area contributed by atoms with Crippen LogP contribution in [0.3, 0.4) is 0 Å². The molecule has 0 aliphatic heterocycles. The van der Waals surface area contributed by atoms with Crippen LogP contribution >= 0.6 is 0 Å². The fourth-order valence-electron chi connectivity index (χ4n) is 1.86. The van der Waals surface area contributed by atoms with Crippen LogP contribution in [-0.4, -0.2) is 15.9 Å². The van der Waals surface area contributed by atoms with E-state index < -0.39 is 17.6 Å². The number of aromatic nitrogens is 2. The summed E-state index contributed by atoms with van der Waals surface area (Å²) in [7, 11) is 0. The molecule has 0 bridgehead atoms. The van der Waals surface area contributed by atoms with Gasteiger partial charge in [-0.3, -0.25) is 4.79 Å². The van der Waals surface area contributed by atoms with E-state index in [1.165, 1.54) is 18.5 Å². The summed E-state index contributed by atoms with van der Waals surface area (Å²) in [5.41, 5.74) is 0.836. The van der Waals surface area contributed by atoms with Crippen molar-refractivity contribution in [1.29, 1.82) is 0 Å². The van der Waals surface area contributed by atoms with Crippen LogP contribution < -0.4 is 5.32 Å². The molecule has 7 heteroatoms. The largest absolute Gasteiger partial charge is 0.416 e. The van der Waals surface area contributed by atoms with Gasteiger partial charge in [0.1, 0.15) is 6.33 Å². The van der Waals surface area contributed by atoms with Gasteiger partial charge in [0.15, 0.2) is 0 Å². The Hall–Kier alpha value is -2.44. The van der Waals surface area contributed by atoms with Gasteiger partial charge in [-0.05, 0) is 38.1 Å². The first-order valence-electron chi connectivity index (χ1n) is 6.06. The van der Waals surface area contributed by atoms with Gasteiger partial charge in [-0.15, -0.1) is 0 Å². The third kappa shape index (κ3) is 3.36. The zero-order valence-electron chi connectivity index (χ0n) is 11.3. The fraction of sp³-hybridized carbons (Fsp3) is 0.214. The molecule has 0 aliphatic rings. The molecule has 0 atom stereocenters. The average molecular weight is 295 g/mol. The lowest BCUT2D eigenvalue weighted by molar-refractivity contribution is -0.137. The minimum Gasteiger partial charge on any atom is -0.322 e. The molecule has 1 N–H and O–H groups in total. The van der Waals surface area contributed by atoms with E-state index in [1.54, 1.807) is 13.8 Å². The molecule has 0 aliphatic carbocycles. The Kier molecular flexibility index (Phi) is 3.93. The number of nitrogens with zero attached hydrogens (tertiary/aromatic N) is 2. The van der Waals surface area contributed by atoms with Crippen LogP contribution in [0.15, 0.2) is 30.6 Å². The molecule has 0 radical (unpaired) electrons. The monoisotopic (exact) mass is 295 g/mol. The van der Waals surface area contributed by atoms with Gasteiger partial charge in [0.2, 0.25) is 0 Å². The molecule has 1 amide bonds. The molecule has 0 fully saturated rings. The number of anilines is 1. The maximum Gasteiger partial charge on any atom is 0.416 e. The Balaban J connectivity index is 2.21. The fourth-order valence-corrected chi connectivity index (χ4v) is 1.86. The highest BCUT2D eigenvalue weighted by molar-refractivity contribution is 6.05. The van der Waals surface area contributed by atoms with Gasteiger partial charge >= 0.3 is 6.18 Å². The lowest BCUT2D eigenvalue weighted by Gasteiger charge is -2.10. The number of nitrogens with one attached hydrogen (secondary N) is 1. The zero-order valence-corrected chi connectivity index (χ0v) is 11.3. The van der Waals surface area contributed by atoms with E-state index in [9.17, 15) is 18.0 Å². The molecule has 110 valence electrons. The summed E-state index contributed by atoms with van der Waals surface area (Å²) < 4.78 is 37.3. The van der Waals surface area contributed by atoms with E-state index in [0.717, 1.165) is 12.1 Å². The summed E-state index contributed by atoms with van der Waals surface area (Å²) >= 11 is 0. The molecule has 21 heavy (non-hydrogen) atoms. The second-order valence-electron chi connectivity index (χ2n) is 4.45.